The normalized spacial score (nSPS) is 12.2. The number of carbonyl (C=O) groups is 1. The molecular weight excluding hydrogens is 462 g/mol. The Kier molecular flexibility index (Phi) is 9.11. The van der Waals surface area contributed by atoms with Crippen LogP contribution < -0.4 is 4.90 Å². The average Bonchev–Trinajstić information content (AvgIpc) is 3.08. The molecule has 0 N–H and O–H groups in total. The first-order valence-corrected chi connectivity index (χ1v) is 10.6. The minimum atomic E-state index is -4.22. The fraction of sp³-hybridized carbons (Fsp3) is 0.444. The second kappa shape index (κ2) is 11.3. The number of halogens is 5. The molecule has 0 aromatic carbocycles. The molecule has 0 fully saturated rings. The molecule has 2 aromatic heterocycles. The van der Waals surface area contributed by atoms with E-state index in [2.05, 4.69) is 15.2 Å². The lowest BCUT2D eigenvalue weighted by Gasteiger charge is -2.20. The summed E-state index contributed by atoms with van der Waals surface area (Å²) in [5.41, 5.74) is 0.574. The Balaban J connectivity index is 2.14. The summed E-state index contributed by atoms with van der Waals surface area (Å²) in [4.78, 5) is 22.8. The van der Waals surface area contributed by atoms with Crippen LogP contribution >= 0.6 is 23.4 Å². The van der Waals surface area contributed by atoms with Gasteiger partial charge in [0.25, 0.3) is 5.91 Å². The van der Waals surface area contributed by atoms with Gasteiger partial charge in [0.2, 0.25) is 0 Å². The number of hydrogen-bond acceptors (Lipinski definition) is 6. The van der Waals surface area contributed by atoms with E-state index in [1.54, 1.807) is 6.92 Å². The number of alkyl halides is 3. The van der Waals surface area contributed by atoms with Crippen molar-refractivity contribution >= 4 is 40.7 Å². The lowest BCUT2D eigenvalue weighted by atomic mass is 10.3. The van der Waals surface area contributed by atoms with E-state index in [1.165, 1.54) is 35.2 Å². The molecule has 170 valence electrons. The Morgan fingerprint density at radius 2 is 2.13 bits per heavy atom. The van der Waals surface area contributed by atoms with Gasteiger partial charge in [0.05, 0.1) is 24.3 Å². The van der Waals surface area contributed by atoms with Crippen LogP contribution in [-0.2, 0) is 9.63 Å². The third kappa shape index (κ3) is 7.39. The maximum atomic E-state index is 13.4. The van der Waals surface area contributed by atoms with Gasteiger partial charge in [0, 0.05) is 24.8 Å². The summed E-state index contributed by atoms with van der Waals surface area (Å²) < 4.78 is 51.5. The largest absolute Gasteiger partial charge is 0.399 e. The molecule has 2 rings (SSSR count). The molecule has 0 saturated carbocycles. The van der Waals surface area contributed by atoms with Crippen LogP contribution in [0.2, 0.25) is 5.15 Å². The number of nitrogens with zero attached hydrogens (tertiary/aromatic N) is 5. The maximum absolute atomic E-state index is 13.4. The van der Waals surface area contributed by atoms with Crippen LogP contribution in [0.3, 0.4) is 0 Å². The SMILES string of the molecule is CCN(C(=O)C(CSCCCC(F)(F)F)=NOC)c1cn(-c2cncc(F)c2)nc1Cl. The Morgan fingerprint density at radius 1 is 1.39 bits per heavy atom. The van der Waals surface area contributed by atoms with Crippen molar-refractivity contribution in [2.24, 2.45) is 5.16 Å². The van der Waals surface area contributed by atoms with Gasteiger partial charge < -0.3 is 9.74 Å². The van der Waals surface area contributed by atoms with Gasteiger partial charge in [0.15, 0.2) is 10.9 Å². The van der Waals surface area contributed by atoms with E-state index in [4.69, 9.17) is 16.4 Å². The molecule has 0 aliphatic rings. The molecule has 13 heteroatoms. The highest BCUT2D eigenvalue weighted by Gasteiger charge is 2.27. The van der Waals surface area contributed by atoms with Crippen molar-refractivity contribution in [3.05, 3.63) is 35.6 Å². The molecule has 0 radical (unpaired) electrons. The minimum Gasteiger partial charge on any atom is -0.399 e. The summed E-state index contributed by atoms with van der Waals surface area (Å²) >= 11 is 7.34. The molecule has 0 aliphatic carbocycles. The minimum absolute atomic E-state index is 0.00550. The zero-order valence-electron chi connectivity index (χ0n) is 16.7. The van der Waals surface area contributed by atoms with Gasteiger partial charge in [-0.3, -0.25) is 9.78 Å². The summed E-state index contributed by atoms with van der Waals surface area (Å²) in [7, 11) is 1.26. The Morgan fingerprint density at radius 3 is 2.74 bits per heavy atom. The number of amides is 1. The molecule has 0 saturated heterocycles. The zero-order chi connectivity index (χ0) is 23.0. The molecule has 2 aromatic rings. The van der Waals surface area contributed by atoms with Gasteiger partial charge in [-0.1, -0.05) is 16.8 Å². The molecule has 7 nitrogen and oxygen atoms in total. The quantitative estimate of drug-likeness (QED) is 0.216. The van der Waals surface area contributed by atoms with E-state index in [1.807, 2.05) is 0 Å². The predicted molar refractivity (Wildman–Crippen MR) is 111 cm³/mol. The van der Waals surface area contributed by atoms with Crippen LogP contribution in [0.5, 0.6) is 0 Å². The number of oxime groups is 1. The van der Waals surface area contributed by atoms with Crippen LogP contribution in [0.25, 0.3) is 5.69 Å². The van der Waals surface area contributed by atoms with Gasteiger partial charge in [-0.25, -0.2) is 9.07 Å². The van der Waals surface area contributed by atoms with Gasteiger partial charge in [-0.15, -0.1) is 0 Å². The van der Waals surface area contributed by atoms with E-state index in [9.17, 15) is 22.4 Å². The van der Waals surface area contributed by atoms with Crippen molar-refractivity contribution in [2.75, 3.05) is 30.1 Å². The number of hydrogen-bond donors (Lipinski definition) is 0. The van der Waals surface area contributed by atoms with Gasteiger partial charge in [0.1, 0.15) is 18.6 Å². The first kappa shape index (κ1) is 24.9. The molecule has 1 amide bonds. The highest BCUT2D eigenvalue weighted by molar-refractivity contribution is 8.00. The van der Waals surface area contributed by atoms with Crippen molar-refractivity contribution in [3.63, 3.8) is 0 Å². The smallest absolute Gasteiger partial charge is 0.389 e. The molecule has 0 aliphatic heterocycles. The van der Waals surface area contributed by atoms with Crippen LogP contribution in [-0.4, -0.2) is 57.7 Å². The second-order valence-corrected chi connectivity index (χ2v) is 7.62. The van der Waals surface area contributed by atoms with E-state index in [0.717, 1.165) is 18.0 Å². The lowest BCUT2D eigenvalue weighted by Crippen LogP contribution is -2.37. The number of rotatable bonds is 10. The van der Waals surface area contributed by atoms with E-state index in [0.29, 0.717) is 5.69 Å². The van der Waals surface area contributed by atoms with Gasteiger partial charge in [-0.2, -0.15) is 30.0 Å². The fourth-order valence-electron chi connectivity index (χ4n) is 2.54. The van der Waals surface area contributed by atoms with Crippen molar-refractivity contribution in [2.45, 2.75) is 25.9 Å². The highest BCUT2D eigenvalue weighted by atomic mass is 35.5. The number of thioether (sulfide) groups is 1. The summed E-state index contributed by atoms with van der Waals surface area (Å²) in [6, 6.07) is 1.20. The summed E-state index contributed by atoms with van der Waals surface area (Å²) in [6.45, 7) is 1.91. The van der Waals surface area contributed by atoms with Crippen LogP contribution in [0, 0.1) is 5.82 Å². The molecular formula is C18H20ClF4N5O2S. The van der Waals surface area contributed by atoms with E-state index < -0.39 is 24.3 Å². The summed E-state index contributed by atoms with van der Waals surface area (Å²) in [5, 5.41) is 7.80. The molecule has 31 heavy (non-hydrogen) atoms. The Bertz CT molecular complexity index is 923. The lowest BCUT2D eigenvalue weighted by molar-refractivity contribution is -0.134. The Hall–Kier alpha value is -2.34. The van der Waals surface area contributed by atoms with Crippen molar-refractivity contribution in [1.82, 2.24) is 14.8 Å². The van der Waals surface area contributed by atoms with Crippen LogP contribution in [0.15, 0.2) is 29.8 Å². The first-order valence-electron chi connectivity index (χ1n) is 9.08. The Labute approximate surface area is 185 Å². The van der Waals surface area contributed by atoms with Gasteiger partial charge >= 0.3 is 6.18 Å². The van der Waals surface area contributed by atoms with Crippen LogP contribution in [0.1, 0.15) is 19.8 Å². The van der Waals surface area contributed by atoms with Gasteiger partial charge in [-0.05, 0) is 19.1 Å². The second-order valence-electron chi connectivity index (χ2n) is 6.15. The average molecular weight is 482 g/mol. The third-order valence-corrected chi connectivity index (χ3v) is 5.22. The predicted octanol–water partition coefficient (Wildman–Crippen LogP) is 4.49. The highest BCUT2D eigenvalue weighted by Crippen LogP contribution is 2.27. The van der Waals surface area contributed by atoms with Crippen molar-refractivity contribution < 1.29 is 27.2 Å². The molecule has 0 unspecified atom stereocenters. The number of pyridine rings is 1. The number of aromatic nitrogens is 3. The maximum Gasteiger partial charge on any atom is 0.389 e. The fourth-order valence-corrected chi connectivity index (χ4v) is 3.64. The number of carbonyl (C=O) groups excluding carboxylic acids is 1. The molecule has 0 spiro atoms. The van der Waals surface area contributed by atoms with Crippen LogP contribution in [0.4, 0.5) is 23.2 Å². The molecule has 0 atom stereocenters. The monoisotopic (exact) mass is 481 g/mol. The van der Waals surface area contributed by atoms with Crippen molar-refractivity contribution in [1.29, 1.82) is 0 Å². The first-order chi connectivity index (χ1) is 14.7. The van der Waals surface area contributed by atoms with E-state index in [-0.39, 0.29) is 41.0 Å². The molecule has 0 bridgehead atoms. The van der Waals surface area contributed by atoms with E-state index >= 15 is 0 Å². The standard InChI is InChI=1S/C18H20ClF4N5O2S/c1-3-27(15-10-28(25-16(15)19)13-7-12(20)8-24-9-13)17(29)14(26-30-2)11-31-6-4-5-18(21,22)23/h7-10H,3-6,11H2,1-2H3. The topological polar surface area (TPSA) is 72.6 Å². The zero-order valence-corrected chi connectivity index (χ0v) is 18.3. The summed E-state index contributed by atoms with van der Waals surface area (Å²) in [6.07, 6.45) is -1.31. The summed E-state index contributed by atoms with van der Waals surface area (Å²) in [5.74, 6) is -0.842. The molecule has 2 heterocycles. The third-order valence-electron chi connectivity index (χ3n) is 3.89. The van der Waals surface area contributed by atoms with Crippen molar-refractivity contribution in [3.8, 4) is 5.69 Å². The number of anilines is 1.